The highest BCUT2D eigenvalue weighted by Gasteiger charge is 2.38. The lowest BCUT2D eigenvalue weighted by molar-refractivity contribution is -0.142. The Balaban J connectivity index is 1.75. The fraction of sp³-hybridized carbons (Fsp3) is 0.474. The molecule has 1 fully saturated rings. The van der Waals surface area contributed by atoms with Gasteiger partial charge in [0, 0.05) is 25.2 Å². The fourth-order valence-electron chi connectivity index (χ4n) is 3.77. The van der Waals surface area contributed by atoms with E-state index in [4.69, 9.17) is 4.42 Å². The van der Waals surface area contributed by atoms with Crippen LogP contribution in [0.5, 0.6) is 0 Å². The lowest BCUT2D eigenvalue weighted by Gasteiger charge is -2.22. The topological polar surface area (TPSA) is 76.5 Å². The van der Waals surface area contributed by atoms with E-state index in [2.05, 4.69) is 15.1 Å². The van der Waals surface area contributed by atoms with Crippen LogP contribution in [0.3, 0.4) is 0 Å². The van der Waals surface area contributed by atoms with Gasteiger partial charge in [-0.05, 0) is 32.3 Å². The van der Waals surface area contributed by atoms with E-state index in [9.17, 15) is 18.0 Å². The van der Waals surface area contributed by atoms with E-state index in [1.54, 1.807) is 25.7 Å². The van der Waals surface area contributed by atoms with Gasteiger partial charge in [-0.3, -0.25) is 4.79 Å². The second-order valence-electron chi connectivity index (χ2n) is 7.13. The number of carbonyl (C=O) groups excluding carboxylic acids is 1. The Bertz CT molecular complexity index is 1090. The molecular weight excluding hydrogens is 387 g/mol. The van der Waals surface area contributed by atoms with E-state index in [-0.39, 0.29) is 17.3 Å². The van der Waals surface area contributed by atoms with Crippen molar-refractivity contribution in [1.82, 2.24) is 24.5 Å². The maximum Gasteiger partial charge on any atom is 0.433 e. The van der Waals surface area contributed by atoms with Gasteiger partial charge in [-0.25, -0.2) is 14.5 Å². The quantitative estimate of drug-likeness (QED) is 0.658. The highest BCUT2D eigenvalue weighted by atomic mass is 19.4. The van der Waals surface area contributed by atoms with Gasteiger partial charge in [-0.1, -0.05) is 6.92 Å². The maximum atomic E-state index is 13.5. The number of halogens is 3. The summed E-state index contributed by atoms with van der Waals surface area (Å²) in [6, 6.07) is 2.10. The van der Waals surface area contributed by atoms with E-state index < -0.39 is 17.9 Å². The average Bonchev–Trinajstić information content (AvgIpc) is 3.36. The van der Waals surface area contributed by atoms with Crippen molar-refractivity contribution in [2.24, 2.45) is 0 Å². The van der Waals surface area contributed by atoms with Crippen LogP contribution in [0, 0.1) is 13.8 Å². The molecule has 1 aliphatic rings. The summed E-state index contributed by atoms with van der Waals surface area (Å²) >= 11 is 0. The SMILES string of the molecule is CCc1cc(C(F)(F)F)n2nc([C@H]3CCCN3C(=O)c3oc(C)nc3C)cc2n1. The van der Waals surface area contributed by atoms with Crippen LogP contribution in [-0.2, 0) is 12.6 Å². The minimum Gasteiger partial charge on any atom is -0.436 e. The smallest absolute Gasteiger partial charge is 0.433 e. The number of oxazole rings is 1. The summed E-state index contributed by atoms with van der Waals surface area (Å²) in [7, 11) is 0. The first-order chi connectivity index (χ1) is 13.7. The highest BCUT2D eigenvalue weighted by Crippen LogP contribution is 2.35. The van der Waals surface area contributed by atoms with Crippen LogP contribution in [0.1, 0.15) is 65.0 Å². The van der Waals surface area contributed by atoms with Crippen LogP contribution in [-0.4, -0.2) is 36.9 Å². The molecule has 7 nitrogen and oxygen atoms in total. The number of hydrogen-bond acceptors (Lipinski definition) is 5. The summed E-state index contributed by atoms with van der Waals surface area (Å²) in [5.41, 5.74) is 0.460. The molecule has 3 aromatic heterocycles. The van der Waals surface area contributed by atoms with Gasteiger partial charge in [0.1, 0.15) is 5.69 Å². The number of fused-ring (bicyclic) bond motifs is 1. The molecule has 1 aliphatic heterocycles. The van der Waals surface area contributed by atoms with Gasteiger partial charge in [0.15, 0.2) is 11.5 Å². The van der Waals surface area contributed by atoms with Gasteiger partial charge in [-0.15, -0.1) is 0 Å². The van der Waals surface area contributed by atoms with E-state index in [0.29, 0.717) is 42.4 Å². The zero-order valence-electron chi connectivity index (χ0n) is 16.2. The number of hydrogen-bond donors (Lipinski definition) is 0. The van der Waals surface area contributed by atoms with Crippen molar-refractivity contribution < 1.29 is 22.4 Å². The molecule has 0 N–H and O–H groups in total. The van der Waals surface area contributed by atoms with Crippen LogP contribution < -0.4 is 0 Å². The largest absolute Gasteiger partial charge is 0.436 e. The van der Waals surface area contributed by atoms with E-state index in [1.165, 1.54) is 6.07 Å². The predicted molar refractivity (Wildman–Crippen MR) is 96.4 cm³/mol. The van der Waals surface area contributed by atoms with E-state index in [0.717, 1.165) is 17.0 Å². The molecule has 0 unspecified atom stereocenters. The van der Waals surface area contributed by atoms with Crippen LogP contribution in [0.2, 0.25) is 0 Å². The first-order valence-corrected chi connectivity index (χ1v) is 9.40. The van der Waals surface area contributed by atoms with Crippen molar-refractivity contribution in [3.8, 4) is 0 Å². The normalized spacial score (nSPS) is 17.4. The number of aromatic nitrogens is 4. The summed E-state index contributed by atoms with van der Waals surface area (Å²) in [4.78, 5) is 23.0. The number of amides is 1. The van der Waals surface area contributed by atoms with Crippen molar-refractivity contribution >= 4 is 11.6 Å². The number of aryl methyl sites for hydroxylation is 3. The molecule has 0 aliphatic carbocycles. The minimum absolute atomic E-state index is 0.123. The van der Waals surface area contributed by atoms with Crippen LogP contribution in [0.15, 0.2) is 16.5 Å². The Morgan fingerprint density at radius 3 is 2.66 bits per heavy atom. The number of alkyl halides is 3. The molecule has 0 saturated carbocycles. The molecule has 1 atom stereocenters. The van der Waals surface area contributed by atoms with Crippen molar-refractivity contribution in [2.75, 3.05) is 6.54 Å². The molecule has 154 valence electrons. The highest BCUT2D eigenvalue weighted by molar-refractivity contribution is 5.93. The van der Waals surface area contributed by atoms with Crippen molar-refractivity contribution in [3.63, 3.8) is 0 Å². The molecule has 10 heteroatoms. The lowest BCUT2D eigenvalue weighted by Crippen LogP contribution is -2.31. The third-order valence-electron chi connectivity index (χ3n) is 5.10. The first kappa shape index (κ1) is 19.4. The monoisotopic (exact) mass is 407 g/mol. The van der Waals surface area contributed by atoms with Gasteiger partial charge in [0.25, 0.3) is 5.91 Å². The fourth-order valence-corrected chi connectivity index (χ4v) is 3.77. The molecule has 0 aromatic carbocycles. The Morgan fingerprint density at radius 1 is 1.28 bits per heavy atom. The summed E-state index contributed by atoms with van der Waals surface area (Å²) in [5, 5.41) is 4.18. The van der Waals surface area contributed by atoms with Crippen LogP contribution >= 0.6 is 0 Å². The standard InChI is InChI=1S/C19H20F3N5O2/c1-4-12-8-15(19(20,21)22)27-16(24-12)9-13(25-27)14-6-5-7-26(14)18(28)17-10(2)23-11(3)29-17/h8-9,14H,4-7H2,1-3H3/t14-/m1/s1. The average molecular weight is 407 g/mol. The van der Waals surface area contributed by atoms with Gasteiger partial charge in [-0.2, -0.15) is 18.3 Å². The molecule has 4 heterocycles. The molecule has 4 rings (SSSR count). The second kappa shape index (κ2) is 6.85. The van der Waals surface area contributed by atoms with Crippen molar-refractivity contribution in [2.45, 2.75) is 52.3 Å². The minimum atomic E-state index is -4.56. The molecule has 0 radical (unpaired) electrons. The molecule has 1 amide bonds. The Hall–Kier alpha value is -2.91. The summed E-state index contributed by atoms with van der Waals surface area (Å²) in [6.45, 7) is 5.56. The van der Waals surface area contributed by atoms with Gasteiger partial charge in [0.05, 0.1) is 17.4 Å². The predicted octanol–water partition coefficient (Wildman–Crippen LogP) is 3.89. The maximum absolute atomic E-state index is 13.5. The van der Waals surface area contributed by atoms with Gasteiger partial charge < -0.3 is 9.32 Å². The summed E-state index contributed by atoms with van der Waals surface area (Å²) < 4.78 is 46.8. The Kier molecular flexibility index (Phi) is 4.59. The summed E-state index contributed by atoms with van der Waals surface area (Å²) in [6.07, 6.45) is -2.87. The first-order valence-electron chi connectivity index (χ1n) is 9.40. The van der Waals surface area contributed by atoms with Crippen molar-refractivity contribution in [1.29, 1.82) is 0 Å². The second-order valence-corrected chi connectivity index (χ2v) is 7.13. The lowest BCUT2D eigenvalue weighted by atomic mass is 10.1. The number of likely N-dealkylation sites (tertiary alicyclic amines) is 1. The number of carbonyl (C=O) groups is 1. The molecule has 1 saturated heterocycles. The molecule has 29 heavy (non-hydrogen) atoms. The van der Waals surface area contributed by atoms with Gasteiger partial charge >= 0.3 is 6.18 Å². The zero-order valence-corrected chi connectivity index (χ0v) is 16.2. The molecule has 0 bridgehead atoms. The molecule has 0 spiro atoms. The van der Waals surface area contributed by atoms with E-state index >= 15 is 0 Å². The van der Waals surface area contributed by atoms with Gasteiger partial charge in [0.2, 0.25) is 5.76 Å². The molecule has 3 aromatic rings. The van der Waals surface area contributed by atoms with Crippen molar-refractivity contribution in [3.05, 3.63) is 46.6 Å². The zero-order chi connectivity index (χ0) is 20.9. The Morgan fingerprint density at radius 2 is 2.03 bits per heavy atom. The number of nitrogens with zero attached hydrogens (tertiary/aromatic N) is 5. The third-order valence-corrected chi connectivity index (χ3v) is 5.10. The van der Waals surface area contributed by atoms with Crippen LogP contribution in [0.4, 0.5) is 13.2 Å². The molecular formula is C19H20F3N5O2. The summed E-state index contributed by atoms with van der Waals surface area (Å²) in [5.74, 6) is 0.210. The number of rotatable bonds is 3. The Labute approximate surface area is 164 Å². The van der Waals surface area contributed by atoms with Crippen LogP contribution in [0.25, 0.3) is 5.65 Å². The third kappa shape index (κ3) is 3.36. The van der Waals surface area contributed by atoms with E-state index in [1.807, 2.05) is 0 Å².